The molecule has 1 heterocycles. The smallest absolute Gasteiger partial charge is 0.212 e. The lowest BCUT2D eigenvalue weighted by Crippen LogP contribution is -1.94. The number of thioether (sulfide) groups is 1. The minimum absolute atomic E-state index is 0.655. The number of aromatic nitrogens is 3. The van der Waals surface area contributed by atoms with Gasteiger partial charge in [0.1, 0.15) is 12.1 Å². The minimum atomic E-state index is 0.655. The highest BCUT2D eigenvalue weighted by molar-refractivity contribution is 7.98. The zero-order valence-electron chi connectivity index (χ0n) is 13.7. The van der Waals surface area contributed by atoms with Crippen molar-refractivity contribution in [3.05, 3.63) is 71.0 Å². The molecule has 7 heteroatoms. The number of benzene rings is 2. The Bertz CT molecular complexity index is 831. The Kier molecular flexibility index (Phi) is 6.09. The van der Waals surface area contributed by atoms with Crippen LogP contribution in [0.15, 0.2) is 65.1 Å². The molecule has 0 N–H and O–H groups in total. The fourth-order valence-electron chi connectivity index (χ4n) is 2.07. The predicted molar refractivity (Wildman–Crippen MR) is 102 cm³/mol. The molecule has 5 nitrogen and oxygen atoms in total. The van der Waals surface area contributed by atoms with E-state index in [1.165, 1.54) is 5.56 Å². The Balaban J connectivity index is 1.63. The maximum Gasteiger partial charge on any atom is 0.212 e. The zero-order chi connectivity index (χ0) is 17.5. The van der Waals surface area contributed by atoms with E-state index in [0.29, 0.717) is 6.61 Å². The lowest BCUT2D eigenvalue weighted by atomic mass is 10.2. The highest BCUT2D eigenvalue weighted by Crippen LogP contribution is 2.21. The highest BCUT2D eigenvalue weighted by Gasteiger charge is 2.04. The van der Waals surface area contributed by atoms with Gasteiger partial charge >= 0.3 is 0 Å². The van der Waals surface area contributed by atoms with Gasteiger partial charge in [-0.15, -0.1) is 10.2 Å². The SMILES string of the molecule is CCOc1ccc(/C=N/n2cnnc2SCc2ccc(Cl)cc2)cc1. The molecule has 0 saturated heterocycles. The van der Waals surface area contributed by atoms with Crippen LogP contribution < -0.4 is 4.74 Å². The second-order valence-corrected chi connectivity index (χ2v) is 6.50. The number of hydrogen-bond acceptors (Lipinski definition) is 5. The molecule has 0 radical (unpaired) electrons. The molecule has 0 aliphatic heterocycles. The molecule has 25 heavy (non-hydrogen) atoms. The molecule has 1 aromatic heterocycles. The van der Waals surface area contributed by atoms with Gasteiger partial charge in [-0.1, -0.05) is 35.5 Å². The lowest BCUT2D eigenvalue weighted by Gasteiger charge is -2.03. The van der Waals surface area contributed by atoms with Crippen molar-refractivity contribution in [1.82, 2.24) is 14.9 Å². The van der Waals surface area contributed by atoms with Crippen LogP contribution in [0.4, 0.5) is 0 Å². The number of nitrogens with zero attached hydrogens (tertiary/aromatic N) is 4. The van der Waals surface area contributed by atoms with E-state index >= 15 is 0 Å². The highest BCUT2D eigenvalue weighted by atomic mass is 35.5. The summed E-state index contributed by atoms with van der Waals surface area (Å²) in [5, 5.41) is 13.9. The van der Waals surface area contributed by atoms with Crippen LogP contribution in [-0.4, -0.2) is 27.7 Å². The molecule has 0 saturated carbocycles. The topological polar surface area (TPSA) is 52.3 Å². The summed E-state index contributed by atoms with van der Waals surface area (Å²) >= 11 is 7.47. The number of ether oxygens (including phenoxy) is 1. The van der Waals surface area contributed by atoms with Crippen LogP contribution in [0.1, 0.15) is 18.1 Å². The molecule has 0 atom stereocenters. The maximum atomic E-state index is 5.90. The molecule has 0 aliphatic carbocycles. The van der Waals surface area contributed by atoms with E-state index in [-0.39, 0.29) is 0 Å². The second kappa shape index (κ2) is 8.69. The van der Waals surface area contributed by atoms with Crippen molar-refractivity contribution in [1.29, 1.82) is 0 Å². The number of hydrogen-bond donors (Lipinski definition) is 0. The molecule has 0 aliphatic rings. The third-order valence-corrected chi connectivity index (χ3v) is 4.56. The van der Waals surface area contributed by atoms with Crippen molar-refractivity contribution in [3.63, 3.8) is 0 Å². The summed E-state index contributed by atoms with van der Waals surface area (Å²) in [5.74, 6) is 1.62. The first-order valence-electron chi connectivity index (χ1n) is 7.79. The van der Waals surface area contributed by atoms with E-state index in [9.17, 15) is 0 Å². The second-order valence-electron chi connectivity index (χ2n) is 5.12. The van der Waals surface area contributed by atoms with Crippen LogP contribution in [0.5, 0.6) is 5.75 Å². The van der Waals surface area contributed by atoms with Crippen LogP contribution in [-0.2, 0) is 5.75 Å². The van der Waals surface area contributed by atoms with Crippen LogP contribution in [0.3, 0.4) is 0 Å². The first-order chi connectivity index (χ1) is 12.2. The van der Waals surface area contributed by atoms with Crippen molar-refractivity contribution >= 4 is 29.6 Å². The third-order valence-electron chi connectivity index (χ3n) is 3.30. The van der Waals surface area contributed by atoms with Crippen LogP contribution >= 0.6 is 23.4 Å². The van der Waals surface area contributed by atoms with Gasteiger partial charge in [-0.3, -0.25) is 0 Å². The van der Waals surface area contributed by atoms with Gasteiger partial charge in [0, 0.05) is 10.8 Å². The van der Waals surface area contributed by atoms with Gasteiger partial charge in [-0.05, 0) is 54.4 Å². The van der Waals surface area contributed by atoms with Crippen LogP contribution in [0.25, 0.3) is 0 Å². The molecule has 3 rings (SSSR count). The summed E-state index contributed by atoms with van der Waals surface area (Å²) in [6.45, 7) is 2.62. The predicted octanol–water partition coefficient (Wildman–Crippen LogP) is 4.50. The molecular weight excluding hydrogens is 356 g/mol. The molecule has 0 unspecified atom stereocenters. The monoisotopic (exact) mass is 372 g/mol. The van der Waals surface area contributed by atoms with Gasteiger partial charge in [0.15, 0.2) is 0 Å². The Morgan fingerprint density at radius 1 is 1.16 bits per heavy atom. The quantitative estimate of drug-likeness (QED) is 0.452. The van der Waals surface area contributed by atoms with Crippen molar-refractivity contribution in [3.8, 4) is 5.75 Å². The van der Waals surface area contributed by atoms with E-state index in [4.69, 9.17) is 16.3 Å². The van der Waals surface area contributed by atoms with Gasteiger partial charge in [0.05, 0.1) is 12.8 Å². The third kappa shape index (κ3) is 5.08. The lowest BCUT2D eigenvalue weighted by molar-refractivity contribution is 0.340. The van der Waals surface area contributed by atoms with Gasteiger partial charge in [0.25, 0.3) is 0 Å². The minimum Gasteiger partial charge on any atom is -0.494 e. The first kappa shape index (κ1) is 17.5. The Morgan fingerprint density at radius 2 is 1.92 bits per heavy atom. The molecule has 3 aromatic rings. The van der Waals surface area contributed by atoms with E-state index in [2.05, 4.69) is 15.3 Å². The fraction of sp³-hybridized carbons (Fsp3) is 0.167. The Hall–Kier alpha value is -2.31. The summed E-state index contributed by atoms with van der Waals surface area (Å²) in [4.78, 5) is 0. The van der Waals surface area contributed by atoms with Gasteiger partial charge < -0.3 is 4.74 Å². The van der Waals surface area contributed by atoms with E-state index in [0.717, 1.165) is 27.2 Å². The van der Waals surface area contributed by atoms with Crippen molar-refractivity contribution in [2.75, 3.05) is 6.61 Å². The van der Waals surface area contributed by atoms with Gasteiger partial charge in [0.2, 0.25) is 5.16 Å². The molecule has 2 aromatic carbocycles. The summed E-state index contributed by atoms with van der Waals surface area (Å²) < 4.78 is 7.09. The number of rotatable bonds is 7. The normalized spacial score (nSPS) is 11.1. The zero-order valence-corrected chi connectivity index (χ0v) is 15.2. The van der Waals surface area contributed by atoms with Crippen LogP contribution in [0, 0.1) is 0 Å². The van der Waals surface area contributed by atoms with Crippen molar-refractivity contribution in [2.45, 2.75) is 17.8 Å². The maximum absolute atomic E-state index is 5.90. The largest absolute Gasteiger partial charge is 0.494 e. The number of halogens is 1. The van der Waals surface area contributed by atoms with Gasteiger partial charge in [-0.2, -0.15) is 9.78 Å². The molecule has 0 spiro atoms. The summed E-state index contributed by atoms with van der Waals surface area (Å²) in [6, 6.07) is 15.5. The first-order valence-corrected chi connectivity index (χ1v) is 9.15. The fourth-order valence-corrected chi connectivity index (χ4v) is 3.01. The Morgan fingerprint density at radius 3 is 2.64 bits per heavy atom. The molecule has 0 fully saturated rings. The summed E-state index contributed by atoms with van der Waals surface area (Å²) in [5.41, 5.74) is 2.14. The van der Waals surface area contributed by atoms with Crippen molar-refractivity contribution in [2.24, 2.45) is 5.10 Å². The average molecular weight is 373 g/mol. The standard InChI is InChI=1S/C18H17ClN4OS/c1-2-24-17-9-5-14(6-10-17)11-21-23-13-20-22-18(23)25-12-15-3-7-16(19)8-4-15/h3-11,13H,2,12H2,1H3/b21-11+. The van der Waals surface area contributed by atoms with Crippen molar-refractivity contribution < 1.29 is 4.74 Å². The molecule has 0 amide bonds. The summed E-state index contributed by atoms with van der Waals surface area (Å²) in [6.07, 6.45) is 3.36. The Labute approximate surface area is 155 Å². The average Bonchev–Trinajstić information content (AvgIpc) is 3.08. The molecular formula is C18H17ClN4OS. The summed E-state index contributed by atoms with van der Waals surface area (Å²) in [7, 11) is 0. The van der Waals surface area contributed by atoms with E-state index in [1.807, 2.05) is 55.5 Å². The van der Waals surface area contributed by atoms with E-state index in [1.54, 1.807) is 29.0 Å². The van der Waals surface area contributed by atoms with Crippen LogP contribution in [0.2, 0.25) is 5.02 Å². The molecule has 0 bridgehead atoms. The van der Waals surface area contributed by atoms with E-state index < -0.39 is 0 Å². The van der Waals surface area contributed by atoms with Gasteiger partial charge in [-0.25, -0.2) is 0 Å². The molecule has 128 valence electrons.